The zero-order chi connectivity index (χ0) is 5.28. The first-order valence-corrected chi connectivity index (χ1v) is 2.44. The Morgan fingerprint density at radius 1 is 1.71 bits per heavy atom. The minimum Gasteiger partial charge on any atom is -0.300 e. The Hall–Kier alpha value is -0.400. The number of rotatable bonds is 2. The zero-order valence-electron chi connectivity index (χ0n) is 3.93. The van der Waals surface area contributed by atoms with E-state index in [1.807, 2.05) is 0 Å². The molecule has 1 fully saturated rings. The minimum absolute atomic E-state index is 0.0810. The first-order chi connectivity index (χ1) is 3.34. The molecule has 1 unspecified atom stereocenters. The maximum atomic E-state index is 11.9. The Morgan fingerprint density at radius 3 is 2.43 bits per heavy atom. The number of hydrogen-bond donors (Lipinski definition) is 0. The molecular weight excluding hydrogens is 95.1 g/mol. The Morgan fingerprint density at radius 2 is 2.29 bits per heavy atom. The maximum Gasteiger partial charge on any atom is 0.158 e. The molecule has 1 saturated carbocycles. The fourth-order valence-electron chi connectivity index (χ4n) is 0.526. The second-order valence-electron chi connectivity index (χ2n) is 1.92. The smallest absolute Gasteiger partial charge is 0.158 e. The van der Waals surface area contributed by atoms with Gasteiger partial charge in [-0.2, -0.15) is 0 Å². The van der Waals surface area contributed by atoms with E-state index in [2.05, 4.69) is 0 Å². The normalized spacial score (nSPS) is 24.1. The monoisotopic (exact) mass is 102 g/mol. The molecular formula is C5H7FO. The molecule has 1 aliphatic rings. The Kier molecular flexibility index (Phi) is 1.09. The molecule has 0 spiro atoms. The molecule has 7 heavy (non-hydrogen) atoms. The van der Waals surface area contributed by atoms with Crippen molar-refractivity contribution in [1.82, 2.24) is 0 Å². The van der Waals surface area contributed by atoms with E-state index in [9.17, 15) is 9.18 Å². The molecule has 1 aliphatic carbocycles. The number of halogens is 1. The van der Waals surface area contributed by atoms with Crippen LogP contribution in [0.3, 0.4) is 0 Å². The Bertz CT molecular complexity index is 78.1. The standard InChI is InChI=1S/C5H7FO/c6-5(3-7)4-1-2-4/h3-5H,1-2H2. The lowest BCUT2D eigenvalue weighted by Crippen LogP contribution is -2.02. The molecule has 0 aromatic rings. The van der Waals surface area contributed by atoms with Crippen molar-refractivity contribution in [3.05, 3.63) is 0 Å². The van der Waals surface area contributed by atoms with Gasteiger partial charge in [-0.3, -0.25) is 0 Å². The van der Waals surface area contributed by atoms with Crippen LogP contribution in [0.2, 0.25) is 0 Å². The van der Waals surface area contributed by atoms with Crippen LogP contribution in [0.15, 0.2) is 0 Å². The van der Waals surface area contributed by atoms with Gasteiger partial charge in [-0.1, -0.05) is 0 Å². The van der Waals surface area contributed by atoms with E-state index in [-0.39, 0.29) is 5.92 Å². The van der Waals surface area contributed by atoms with E-state index in [0.717, 1.165) is 12.8 Å². The summed E-state index contributed by atoms with van der Waals surface area (Å²) in [5.41, 5.74) is 0. The molecule has 1 nitrogen and oxygen atoms in total. The van der Waals surface area contributed by atoms with Gasteiger partial charge in [0.15, 0.2) is 12.5 Å². The highest BCUT2D eigenvalue weighted by Crippen LogP contribution is 2.33. The van der Waals surface area contributed by atoms with E-state index in [0.29, 0.717) is 6.29 Å². The van der Waals surface area contributed by atoms with Crippen LogP contribution >= 0.6 is 0 Å². The number of hydrogen-bond acceptors (Lipinski definition) is 1. The fraction of sp³-hybridized carbons (Fsp3) is 0.800. The number of carbonyl (C=O) groups excluding carboxylic acids is 1. The highest BCUT2D eigenvalue weighted by Gasteiger charge is 2.30. The summed E-state index contributed by atoms with van der Waals surface area (Å²) in [5, 5.41) is 0. The average Bonchev–Trinajstić information content (AvgIpc) is 2.44. The van der Waals surface area contributed by atoms with E-state index < -0.39 is 6.17 Å². The van der Waals surface area contributed by atoms with E-state index in [1.54, 1.807) is 0 Å². The van der Waals surface area contributed by atoms with Crippen molar-refractivity contribution >= 4 is 6.29 Å². The molecule has 0 N–H and O–H groups in total. The van der Waals surface area contributed by atoms with Crippen molar-refractivity contribution in [2.24, 2.45) is 5.92 Å². The fourth-order valence-corrected chi connectivity index (χ4v) is 0.526. The van der Waals surface area contributed by atoms with Crippen molar-refractivity contribution < 1.29 is 9.18 Å². The molecule has 0 bridgehead atoms. The predicted octanol–water partition coefficient (Wildman–Crippen LogP) is 0.933. The van der Waals surface area contributed by atoms with Gasteiger partial charge in [0.05, 0.1) is 0 Å². The second-order valence-corrected chi connectivity index (χ2v) is 1.92. The van der Waals surface area contributed by atoms with E-state index in [4.69, 9.17) is 0 Å². The van der Waals surface area contributed by atoms with Gasteiger partial charge in [-0.15, -0.1) is 0 Å². The van der Waals surface area contributed by atoms with Gasteiger partial charge >= 0.3 is 0 Å². The van der Waals surface area contributed by atoms with Crippen LogP contribution in [0.1, 0.15) is 12.8 Å². The van der Waals surface area contributed by atoms with Crippen molar-refractivity contribution in [1.29, 1.82) is 0 Å². The molecule has 0 aliphatic heterocycles. The van der Waals surface area contributed by atoms with Gasteiger partial charge in [0.1, 0.15) is 0 Å². The summed E-state index contributed by atoms with van der Waals surface area (Å²) in [6, 6.07) is 0. The van der Waals surface area contributed by atoms with Crippen LogP contribution in [0.4, 0.5) is 4.39 Å². The van der Waals surface area contributed by atoms with Crippen LogP contribution in [0.25, 0.3) is 0 Å². The molecule has 0 amide bonds. The van der Waals surface area contributed by atoms with Gasteiger partial charge in [-0.25, -0.2) is 4.39 Å². The van der Waals surface area contributed by atoms with Gasteiger partial charge in [0.2, 0.25) is 0 Å². The topological polar surface area (TPSA) is 17.1 Å². The molecule has 0 aromatic heterocycles. The summed E-state index contributed by atoms with van der Waals surface area (Å²) in [7, 11) is 0. The summed E-state index contributed by atoms with van der Waals surface area (Å²) in [6.45, 7) is 0. The molecule has 1 rings (SSSR count). The molecule has 1 atom stereocenters. The van der Waals surface area contributed by atoms with Gasteiger partial charge in [0, 0.05) is 0 Å². The maximum absolute atomic E-state index is 11.9. The lowest BCUT2D eigenvalue weighted by Gasteiger charge is -1.88. The third-order valence-corrected chi connectivity index (χ3v) is 1.20. The third-order valence-electron chi connectivity index (χ3n) is 1.20. The summed E-state index contributed by atoms with van der Waals surface area (Å²) in [5.74, 6) is 0.0810. The number of aldehydes is 1. The SMILES string of the molecule is O=CC(F)C1CC1. The quantitative estimate of drug-likeness (QED) is 0.474. The largest absolute Gasteiger partial charge is 0.300 e. The number of carbonyl (C=O) groups is 1. The predicted molar refractivity (Wildman–Crippen MR) is 23.7 cm³/mol. The minimum atomic E-state index is -1.17. The average molecular weight is 102 g/mol. The Balaban J connectivity index is 2.22. The van der Waals surface area contributed by atoms with Crippen LogP contribution in [0, 0.1) is 5.92 Å². The summed E-state index contributed by atoms with van der Waals surface area (Å²) in [4.78, 5) is 9.61. The van der Waals surface area contributed by atoms with Crippen molar-refractivity contribution in [2.75, 3.05) is 0 Å². The zero-order valence-corrected chi connectivity index (χ0v) is 3.93. The summed E-state index contributed by atoms with van der Waals surface area (Å²) in [6.07, 6.45) is 1.03. The highest BCUT2D eigenvalue weighted by atomic mass is 19.1. The lowest BCUT2D eigenvalue weighted by molar-refractivity contribution is -0.112. The van der Waals surface area contributed by atoms with Crippen LogP contribution in [-0.2, 0) is 4.79 Å². The van der Waals surface area contributed by atoms with Gasteiger partial charge in [0.25, 0.3) is 0 Å². The second kappa shape index (κ2) is 1.60. The molecule has 2 heteroatoms. The molecule has 40 valence electrons. The third kappa shape index (κ3) is 0.981. The molecule has 0 radical (unpaired) electrons. The first kappa shape index (κ1) is 4.75. The summed E-state index contributed by atoms with van der Waals surface area (Å²) < 4.78 is 11.9. The van der Waals surface area contributed by atoms with Crippen molar-refractivity contribution in [3.63, 3.8) is 0 Å². The molecule has 0 aromatic carbocycles. The highest BCUT2D eigenvalue weighted by molar-refractivity contribution is 5.56. The Labute approximate surface area is 41.5 Å². The number of alkyl halides is 1. The lowest BCUT2D eigenvalue weighted by atomic mass is 10.3. The van der Waals surface area contributed by atoms with Gasteiger partial charge < -0.3 is 4.79 Å². The first-order valence-electron chi connectivity index (χ1n) is 2.44. The van der Waals surface area contributed by atoms with Crippen LogP contribution in [0.5, 0.6) is 0 Å². The van der Waals surface area contributed by atoms with Crippen LogP contribution < -0.4 is 0 Å². The van der Waals surface area contributed by atoms with Crippen LogP contribution in [-0.4, -0.2) is 12.5 Å². The summed E-state index contributed by atoms with van der Waals surface area (Å²) >= 11 is 0. The molecule has 0 saturated heterocycles. The van der Waals surface area contributed by atoms with Crippen molar-refractivity contribution in [3.8, 4) is 0 Å². The molecule has 0 heterocycles. The van der Waals surface area contributed by atoms with E-state index in [1.165, 1.54) is 0 Å². The van der Waals surface area contributed by atoms with Gasteiger partial charge in [-0.05, 0) is 18.8 Å². The van der Waals surface area contributed by atoms with Crippen molar-refractivity contribution in [2.45, 2.75) is 19.0 Å². The van der Waals surface area contributed by atoms with E-state index >= 15 is 0 Å².